The molecule has 0 amide bonds. The van der Waals surface area contributed by atoms with Crippen LogP contribution in [0.15, 0.2) is 40.9 Å². The number of hydrogen-bond acceptors (Lipinski definition) is 1. The summed E-state index contributed by atoms with van der Waals surface area (Å²) in [6.45, 7) is 0. The van der Waals surface area contributed by atoms with Gasteiger partial charge in [0, 0.05) is 20.6 Å². The zero-order chi connectivity index (χ0) is 14.0. The summed E-state index contributed by atoms with van der Waals surface area (Å²) in [4.78, 5) is 0. The van der Waals surface area contributed by atoms with Crippen LogP contribution in [-0.2, 0) is 6.42 Å². The standard InChI is InChI=1S/C14H11BrCl3N/c15-11-3-1-8(6-13(11)18)14(19)7-9-5-10(16)2-4-12(9)17/h1-6,14H,7,19H2. The lowest BCUT2D eigenvalue weighted by molar-refractivity contribution is 0.722. The summed E-state index contributed by atoms with van der Waals surface area (Å²) in [6, 6.07) is 10.9. The third kappa shape index (κ3) is 3.87. The summed E-state index contributed by atoms with van der Waals surface area (Å²) in [7, 11) is 0. The molecule has 1 atom stereocenters. The molecule has 1 nitrogen and oxygen atoms in total. The molecule has 0 aromatic heterocycles. The molecule has 2 rings (SSSR count). The first-order chi connectivity index (χ1) is 8.97. The number of rotatable bonds is 3. The highest BCUT2D eigenvalue weighted by atomic mass is 79.9. The largest absolute Gasteiger partial charge is 0.324 e. The second-order valence-electron chi connectivity index (χ2n) is 4.22. The fourth-order valence-electron chi connectivity index (χ4n) is 1.80. The molecule has 0 heterocycles. The molecular formula is C14H11BrCl3N. The van der Waals surface area contributed by atoms with E-state index in [0.29, 0.717) is 21.5 Å². The third-order valence-corrected chi connectivity index (χ3v) is 4.66. The van der Waals surface area contributed by atoms with E-state index in [-0.39, 0.29) is 6.04 Å². The van der Waals surface area contributed by atoms with Gasteiger partial charge in [0.05, 0.1) is 5.02 Å². The Morgan fingerprint density at radius 3 is 2.42 bits per heavy atom. The molecule has 0 saturated carbocycles. The Morgan fingerprint density at radius 1 is 1.00 bits per heavy atom. The lowest BCUT2D eigenvalue weighted by Gasteiger charge is -2.14. The number of nitrogens with two attached hydrogens (primary N) is 1. The van der Waals surface area contributed by atoms with Gasteiger partial charge >= 0.3 is 0 Å². The highest BCUT2D eigenvalue weighted by molar-refractivity contribution is 9.10. The van der Waals surface area contributed by atoms with E-state index in [1.807, 2.05) is 24.3 Å². The molecule has 2 aromatic rings. The van der Waals surface area contributed by atoms with Crippen molar-refractivity contribution in [2.45, 2.75) is 12.5 Å². The average Bonchev–Trinajstić information content (AvgIpc) is 2.37. The lowest BCUT2D eigenvalue weighted by atomic mass is 10.00. The minimum absolute atomic E-state index is 0.179. The zero-order valence-corrected chi connectivity index (χ0v) is 13.7. The third-order valence-electron chi connectivity index (χ3n) is 2.82. The molecular weight excluding hydrogens is 368 g/mol. The number of benzene rings is 2. The molecule has 0 saturated heterocycles. The van der Waals surface area contributed by atoms with E-state index in [9.17, 15) is 0 Å². The fourth-order valence-corrected chi connectivity index (χ4v) is 2.62. The lowest BCUT2D eigenvalue weighted by Crippen LogP contribution is -2.13. The summed E-state index contributed by atoms with van der Waals surface area (Å²) >= 11 is 21.5. The van der Waals surface area contributed by atoms with Crippen LogP contribution in [0.2, 0.25) is 15.1 Å². The molecule has 1 unspecified atom stereocenters. The minimum atomic E-state index is -0.179. The predicted molar refractivity (Wildman–Crippen MR) is 86.2 cm³/mol. The van der Waals surface area contributed by atoms with Gasteiger partial charge in [0.1, 0.15) is 0 Å². The molecule has 0 aliphatic rings. The van der Waals surface area contributed by atoms with E-state index in [1.165, 1.54) is 0 Å². The Morgan fingerprint density at radius 2 is 1.74 bits per heavy atom. The molecule has 100 valence electrons. The first-order valence-electron chi connectivity index (χ1n) is 5.62. The second kappa shape index (κ2) is 6.47. The van der Waals surface area contributed by atoms with Gasteiger partial charge in [-0.25, -0.2) is 0 Å². The molecule has 5 heteroatoms. The summed E-state index contributed by atoms with van der Waals surface area (Å²) < 4.78 is 0.853. The van der Waals surface area contributed by atoms with Crippen molar-refractivity contribution in [3.05, 3.63) is 67.1 Å². The maximum Gasteiger partial charge on any atom is 0.0551 e. The smallest absolute Gasteiger partial charge is 0.0551 e. The van der Waals surface area contributed by atoms with Crippen molar-refractivity contribution >= 4 is 50.7 Å². The van der Waals surface area contributed by atoms with Gasteiger partial charge < -0.3 is 5.73 Å². The van der Waals surface area contributed by atoms with Crippen molar-refractivity contribution < 1.29 is 0 Å². The normalized spacial score (nSPS) is 12.5. The molecule has 0 fully saturated rings. The van der Waals surface area contributed by atoms with Crippen LogP contribution in [0.25, 0.3) is 0 Å². The van der Waals surface area contributed by atoms with Crippen molar-refractivity contribution in [2.24, 2.45) is 5.73 Å². The van der Waals surface area contributed by atoms with Gasteiger partial charge in [0.25, 0.3) is 0 Å². The summed E-state index contributed by atoms with van der Waals surface area (Å²) in [5.74, 6) is 0. The molecule has 2 aromatic carbocycles. The maximum atomic E-state index is 6.19. The van der Waals surface area contributed by atoms with E-state index in [1.54, 1.807) is 12.1 Å². The van der Waals surface area contributed by atoms with Crippen LogP contribution in [0.4, 0.5) is 0 Å². The Labute approximate surface area is 135 Å². The van der Waals surface area contributed by atoms with Crippen molar-refractivity contribution in [1.82, 2.24) is 0 Å². The van der Waals surface area contributed by atoms with Gasteiger partial charge in [0.15, 0.2) is 0 Å². The SMILES string of the molecule is NC(Cc1cc(Cl)ccc1Cl)c1ccc(Br)c(Cl)c1. The van der Waals surface area contributed by atoms with Crippen molar-refractivity contribution in [2.75, 3.05) is 0 Å². The monoisotopic (exact) mass is 377 g/mol. The average molecular weight is 380 g/mol. The Balaban J connectivity index is 2.22. The highest BCUT2D eigenvalue weighted by Crippen LogP contribution is 2.29. The zero-order valence-electron chi connectivity index (χ0n) is 9.84. The molecule has 2 N–H and O–H groups in total. The summed E-state index contributed by atoms with van der Waals surface area (Å²) in [6.07, 6.45) is 0.608. The fraction of sp³-hybridized carbons (Fsp3) is 0.143. The van der Waals surface area contributed by atoms with Crippen molar-refractivity contribution in [3.63, 3.8) is 0 Å². The van der Waals surface area contributed by atoms with Crippen LogP contribution in [-0.4, -0.2) is 0 Å². The Kier molecular flexibility index (Phi) is 5.15. The quantitative estimate of drug-likeness (QED) is 0.732. The van der Waals surface area contributed by atoms with E-state index >= 15 is 0 Å². The van der Waals surface area contributed by atoms with Crippen LogP contribution in [0.1, 0.15) is 17.2 Å². The van der Waals surface area contributed by atoms with Crippen LogP contribution in [0.5, 0.6) is 0 Å². The van der Waals surface area contributed by atoms with Crippen LogP contribution >= 0.6 is 50.7 Å². The summed E-state index contributed by atoms with van der Waals surface area (Å²) in [5.41, 5.74) is 8.08. The molecule has 0 radical (unpaired) electrons. The first-order valence-corrected chi connectivity index (χ1v) is 7.54. The van der Waals surface area contributed by atoms with Gasteiger partial charge in [-0.1, -0.05) is 40.9 Å². The number of hydrogen-bond donors (Lipinski definition) is 1. The Bertz CT molecular complexity index is 601. The van der Waals surface area contributed by atoms with Crippen LogP contribution < -0.4 is 5.73 Å². The van der Waals surface area contributed by atoms with E-state index < -0.39 is 0 Å². The molecule has 0 bridgehead atoms. The molecule has 0 aliphatic carbocycles. The van der Waals surface area contributed by atoms with Crippen molar-refractivity contribution in [1.29, 1.82) is 0 Å². The van der Waals surface area contributed by atoms with Gasteiger partial charge in [-0.05, 0) is 63.8 Å². The topological polar surface area (TPSA) is 26.0 Å². The molecule has 19 heavy (non-hydrogen) atoms. The van der Waals surface area contributed by atoms with Crippen LogP contribution in [0.3, 0.4) is 0 Å². The van der Waals surface area contributed by atoms with Gasteiger partial charge in [-0.2, -0.15) is 0 Å². The predicted octanol–water partition coefficient (Wildman–Crippen LogP) is 5.65. The molecule has 0 aliphatic heterocycles. The van der Waals surface area contributed by atoms with E-state index in [4.69, 9.17) is 40.5 Å². The van der Waals surface area contributed by atoms with E-state index in [2.05, 4.69) is 15.9 Å². The van der Waals surface area contributed by atoms with Crippen molar-refractivity contribution in [3.8, 4) is 0 Å². The van der Waals surface area contributed by atoms with Gasteiger partial charge in [-0.3, -0.25) is 0 Å². The Hall–Kier alpha value is -0.250. The van der Waals surface area contributed by atoms with Gasteiger partial charge in [-0.15, -0.1) is 0 Å². The maximum absolute atomic E-state index is 6.19. The minimum Gasteiger partial charge on any atom is -0.324 e. The second-order valence-corrected chi connectivity index (χ2v) is 6.33. The summed E-state index contributed by atoms with van der Waals surface area (Å²) in [5, 5.41) is 1.97. The molecule has 0 spiro atoms. The van der Waals surface area contributed by atoms with Crippen LogP contribution in [0, 0.1) is 0 Å². The first kappa shape index (κ1) is 15.1. The van der Waals surface area contributed by atoms with Gasteiger partial charge in [0.2, 0.25) is 0 Å². The highest BCUT2D eigenvalue weighted by Gasteiger charge is 2.11. The van der Waals surface area contributed by atoms with E-state index in [0.717, 1.165) is 15.6 Å². The number of halogens is 4.